The largest absolute Gasteiger partial charge is 0.494 e. The van der Waals surface area contributed by atoms with Crippen LogP contribution in [0, 0.1) is 12.8 Å². The van der Waals surface area contributed by atoms with Crippen molar-refractivity contribution in [1.29, 1.82) is 0 Å². The van der Waals surface area contributed by atoms with E-state index in [4.69, 9.17) is 21.1 Å². The number of halogens is 1. The van der Waals surface area contributed by atoms with Crippen LogP contribution in [0.4, 0.5) is 0 Å². The Morgan fingerprint density at radius 2 is 2.14 bits per heavy atom. The molecule has 1 aromatic carbocycles. The van der Waals surface area contributed by atoms with E-state index in [1.165, 1.54) is 0 Å². The van der Waals surface area contributed by atoms with Gasteiger partial charge in [0.25, 0.3) is 0 Å². The van der Waals surface area contributed by atoms with Gasteiger partial charge in [0, 0.05) is 36.2 Å². The number of aromatic nitrogens is 1. The number of hydrogen-bond acceptors (Lipinski definition) is 3. The smallest absolute Gasteiger partial charge is 0.121 e. The summed E-state index contributed by atoms with van der Waals surface area (Å²) in [5.74, 6) is 1.43. The topological polar surface area (TPSA) is 31.4 Å². The predicted molar refractivity (Wildman–Crippen MR) is 88.5 cm³/mol. The van der Waals surface area contributed by atoms with E-state index in [0.717, 1.165) is 48.5 Å². The van der Waals surface area contributed by atoms with Crippen LogP contribution in [0.2, 0.25) is 5.02 Å². The van der Waals surface area contributed by atoms with Crippen molar-refractivity contribution >= 4 is 11.6 Å². The van der Waals surface area contributed by atoms with Gasteiger partial charge in [-0.15, -0.1) is 0 Å². The first-order valence-corrected chi connectivity index (χ1v) is 8.01. The van der Waals surface area contributed by atoms with Crippen molar-refractivity contribution in [1.82, 2.24) is 4.98 Å². The minimum atomic E-state index is 0.625. The third-order valence-electron chi connectivity index (χ3n) is 3.90. The number of ether oxygens (including phenoxy) is 2. The third-order valence-corrected chi connectivity index (χ3v) is 4.12. The molecule has 0 aliphatic carbocycles. The Morgan fingerprint density at radius 3 is 2.91 bits per heavy atom. The van der Waals surface area contributed by atoms with Crippen molar-refractivity contribution in [3.8, 4) is 16.9 Å². The van der Waals surface area contributed by atoms with Gasteiger partial charge in [-0.25, -0.2) is 0 Å². The molecule has 2 heterocycles. The molecule has 1 atom stereocenters. The normalized spacial score (nSPS) is 17.6. The molecule has 1 fully saturated rings. The number of hydrogen-bond donors (Lipinski definition) is 0. The van der Waals surface area contributed by atoms with Gasteiger partial charge >= 0.3 is 0 Å². The van der Waals surface area contributed by atoms with Gasteiger partial charge in [-0.05, 0) is 61.1 Å². The van der Waals surface area contributed by atoms with Crippen molar-refractivity contribution < 1.29 is 9.47 Å². The Hall–Kier alpha value is -1.58. The molecule has 0 bridgehead atoms. The van der Waals surface area contributed by atoms with Crippen LogP contribution in [0.5, 0.6) is 5.75 Å². The van der Waals surface area contributed by atoms with E-state index in [0.29, 0.717) is 17.5 Å². The lowest BCUT2D eigenvalue weighted by Crippen LogP contribution is -2.06. The molecule has 0 N–H and O–H groups in total. The first-order chi connectivity index (χ1) is 10.7. The van der Waals surface area contributed by atoms with Crippen molar-refractivity contribution in [2.24, 2.45) is 5.92 Å². The molecule has 3 nitrogen and oxygen atoms in total. The average Bonchev–Trinajstić information content (AvgIpc) is 3.00. The van der Waals surface area contributed by atoms with Crippen LogP contribution < -0.4 is 4.74 Å². The van der Waals surface area contributed by atoms with Crippen LogP contribution in [0.25, 0.3) is 11.1 Å². The highest BCUT2D eigenvalue weighted by Gasteiger charge is 2.15. The summed E-state index contributed by atoms with van der Waals surface area (Å²) in [6.45, 7) is 4.47. The minimum Gasteiger partial charge on any atom is -0.494 e. The Bertz CT molecular complexity index is 639. The molecule has 1 aliphatic rings. The zero-order valence-corrected chi connectivity index (χ0v) is 13.5. The Labute approximate surface area is 136 Å². The lowest BCUT2D eigenvalue weighted by Gasteiger charge is -2.11. The fraction of sp³-hybridized carbons (Fsp3) is 0.389. The van der Waals surface area contributed by atoms with Crippen molar-refractivity contribution in [2.75, 3.05) is 19.8 Å². The van der Waals surface area contributed by atoms with Gasteiger partial charge in [-0.1, -0.05) is 11.6 Å². The van der Waals surface area contributed by atoms with Gasteiger partial charge in [-0.3, -0.25) is 4.98 Å². The lowest BCUT2D eigenvalue weighted by atomic mass is 10.1. The molecule has 4 heteroatoms. The van der Waals surface area contributed by atoms with Gasteiger partial charge in [-0.2, -0.15) is 0 Å². The maximum atomic E-state index is 6.23. The molecular formula is C18H20ClNO2. The van der Waals surface area contributed by atoms with E-state index in [2.05, 4.69) is 11.1 Å². The van der Waals surface area contributed by atoms with Crippen LogP contribution in [0.1, 0.15) is 18.4 Å². The molecule has 1 aromatic heterocycles. The Kier molecular flexibility index (Phi) is 4.96. The fourth-order valence-corrected chi connectivity index (χ4v) is 2.91. The summed E-state index contributed by atoms with van der Waals surface area (Å²) in [7, 11) is 0. The van der Waals surface area contributed by atoms with Crippen LogP contribution in [0.3, 0.4) is 0 Å². The minimum absolute atomic E-state index is 0.625. The summed E-state index contributed by atoms with van der Waals surface area (Å²) in [5.41, 5.74) is 3.21. The van der Waals surface area contributed by atoms with Crippen LogP contribution in [-0.2, 0) is 4.74 Å². The van der Waals surface area contributed by atoms with Gasteiger partial charge in [0.1, 0.15) is 5.75 Å². The maximum Gasteiger partial charge on any atom is 0.121 e. The molecule has 1 aliphatic heterocycles. The summed E-state index contributed by atoms with van der Waals surface area (Å²) in [5, 5.41) is 0.679. The summed E-state index contributed by atoms with van der Waals surface area (Å²) in [6.07, 6.45) is 5.85. The molecule has 116 valence electrons. The average molecular weight is 318 g/mol. The van der Waals surface area contributed by atoms with E-state index in [1.807, 2.05) is 37.5 Å². The first-order valence-electron chi connectivity index (χ1n) is 7.64. The van der Waals surface area contributed by atoms with Crippen LogP contribution >= 0.6 is 11.6 Å². The molecule has 2 aromatic rings. The molecule has 0 saturated carbocycles. The number of aryl methyl sites for hydroxylation is 1. The van der Waals surface area contributed by atoms with Crippen LogP contribution in [-0.4, -0.2) is 24.8 Å². The van der Waals surface area contributed by atoms with Gasteiger partial charge in [0.15, 0.2) is 0 Å². The van der Waals surface area contributed by atoms with E-state index < -0.39 is 0 Å². The molecule has 0 radical (unpaired) electrons. The highest BCUT2D eigenvalue weighted by Crippen LogP contribution is 2.29. The Balaban J connectivity index is 1.69. The molecule has 1 saturated heterocycles. The van der Waals surface area contributed by atoms with Gasteiger partial charge in [0.05, 0.1) is 6.61 Å². The van der Waals surface area contributed by atoms with E-state index >= 15 is 0 Å². The number of rotatable bonds is 5. The third kappa shape index (κ3) is 3.99. The fourth-order valence-electron chi connectivity index (χ4n) is 2.68. The van der Waals surface area contributed by atoms with E-state index in [9.17, 15) is 0 Å². The number of benzene rings is 1. The van der Waals surface area contributed by atoms with E-state index in [-0.39, 0.29) is 0 Å². The van der Waals surface area contributed by atoms with Crippen molar-refractivity contribution in [3.63, 3.8) is 0 Å². The Morgan fingerprint density at radius 1 is 1.23 bits per heavy atom. The highest BCUT2D eigenvalue weighted by molar-refractivity contribution is 6.31. The molecule has 3 rings (SSSR count). The molecular weight excluding hydrogens is 298 g/mol. The molecule has 22 heavy (non-hydrogen) atoms. The van der Waals surface area contributed by atoms with Gasteiger partial charge in [0.2, 0.25) is 0 Å². The zero-order chi connectivity index (χ0) is 15.4. The predicted octanol–water partition coefficient (Wildman–Crippen LogP) is 4.52. The quantitative estimate of drug-likeness (QED) is 0.812. The summed E-state index contributed by atoms with van der Waals surface area (Å²) < 4.78 is 11.3. The highest BCUT2D eigenvalue weighted by atomic mass is 35.5. The number of pyridine rings is 1. The van der Waals surface area contributed by atoms with Gasteiger partial charge < -0.3 is 9.47 Å². The summed E-state index contributed by atoms with van der Waals surface area (Å²) in [4.78, 5) is 4.24. The second-order valence-corrected chi connectivity index (χ2v) is 6.23. The molecule has 1 unspecified atom stereocenters. The second kappa shape index (κ2) is 7.12. The standard InChI is InChI=1S/C18H20ClNO2/c1-13-6-16(11-20-10-13)15-7-17(19)9-18(8-15)22-5-3-14-2-4-21-12-14/h6-11,14H,2-5,12H2,1H3. The first kappa shape index (κ1) is 15.3. The molecule has 0 amide bonds. The zero-order valence-electron chi connectivity index (χ0n) is 12.7. The van der Waals surface area contributed by atoms with Crippen molar-refractivity contribution in [3.05, 3.63) is 47.2 Å². The monoisotopic (exact) mass is 317 g/mol. The van der Waals surface area contributed by atoms with Crippen LogP contribution in [0.15, 0.2) is 36.7 Å². The maximum absolute atomic E-state index is 6.23. The lowest BCUT2D eigenvalue weighted by molar-refractivity contribution is 0.178. The molecule has 0 spiro atoms. The SMILES string of the molecule is Cc1cncc(-c2cc(Cl)cc(OCCC3CCOC3)c2)c1. The van der Waals surface area contributed by atoms with E-state index in [1.54, 1.807) is 0 Å². The summed E-state index contributed by atoms with van der Waals surface area (Å²) >= 11 is 6.23. The van der Waals surface area contributed by atoms with Crippen molar-refractivity contribution in [2.45, 2.75) is 19.8 Å². The second-order valence-electron chi connectivity index (χ2n) is 5.79. The number of nitrogens with zero attached hydrogens (tertiary/aromatic N) is 1. The summed E-state index contributed by atoms with van der Waals surface area (Å²) in [6, 6.07) is 7.92.